The Hall–Kier alpha value is -2.21. The van der Waals surface area contributed by atoms with E-state index in [2.05, 4.69) is 15.9 Å². The molecule has 0 fully saturated rings. The Morgan fingerprint density at radius 2 is 1.95 bits per heavy atom. The van der Waals surface area contributed by atoms with Crippen molar-refractivity contribution in [1.82, 2.24) is 0 Å². The van der Waals surface area contributed by atoms with Crippen molar-refractivity contribution in [2.24, 2.45) is 0 Å². The average molecular weight is 350 g/mol. The monoisotopic (exact) mass is 349 g/mol. The van der Waals surface area contributed by atoms with Crippen LogP contribution in [0.5, 0.6) is 11.5 Å². The number of hydrogen-bond donors (Lipinski definition) is 0. The molecule has 0 N–H and O–H groups in total. The number of carbonyl (C=O) groups excluding carboxylic acids is 1. The first-order valence-corrected chi connectivity index (χ1v) is 6.90. The van der Waals surface area contributed by atoms with Gasteiger partial charge in [-0.3, -0.25) is 14.9 Å². The fourth-order valence-electron chi connectivity index (χ4n) is 1.94. The van der Waals surface area contributed by atoms with Gasteiger partial charge in [0.1, 0.15) is 5.75 Å². The van der Waals surface area contributed by atoms with Crippen molar-refractivity contribution >= 4 is 27.9 Å². The van der Waals surface area contributed by atoms with Crippen molar-refractivity contribution in [3.05, 3.63) is 61.6 Å². The summed E-state index contributed by atoms with van der Waals surface area (Å²) in [5.41, 5.74) is 1.71. The highest BCUT2D eigenvalue weighted by atomic mass is 79.9. The zero-order chi connectivity index (χ0) is 15.6. The third-order valence-electron chi connectivity index (χ3n) is 2.92. The number of nitro groups is 1. The Morgan fingerprint density at radius 3 is 2.57 bits per heavy atom. The minimum atomic E-state index is -0.512. The maximum Gasteiger partial charge on any atom is 0.312 e. The van der Waals surface area contributed by atoms with Crippen LogP contribution in [0, 0.1) is 24.0 Å². The lowest BCUT2D eigenvalue weighted by atomic mass is 10.1. The molecule has 0 unspecified atom stereocenters. The van der Waals surface area contributed by atoms with Crippen molar-refractivity contribution < 1.29 is 14.5 Å². The van der Waals surface area contributed by atoms with Gasteiger partial charge in [-0.15, -0.1) is 0 Å². The summed E-state index contributed by atoms with van der Waals surface area (Å²) in [6.07, 6.45) is 0.669. The molecule has 0 saturated heterocycles. The molecule has 5 nitrogen and oxygen atoms in total. The number of ether oxygens (including phenoxy) is 1. The maximum absolute atomic E-state index is 11.2. The van der Waals surface area contributed by atoms with Crippen LogP contribution >= 0.6 is 15.9 Å². The number of aldehydes is 1. The Bertz CT molecular complexity index is 728. The first-order valence-electron chi connectivity index (χ1n) is 6.10. The van der Waals surface area contributed by atoms with Crippen molar-refractivity contribution in [3.8, 4) is 11.5 Å². The molecule has 0 heterocycles. The molecule has 0 aliphatic rings. The third kappa shape index (κ3) is 3.28. The summed E-state index contributed by atoms with van der Waals surface area (Å²) in [6.45, 7) is 3.56. The van der Waals surface area contributed by atoms with E-state index in [1.54, 1.807) is 31.2 Å². The summed E-state index contributed by atoms with van der Waals surface area (Å²) in [7, 11) is 0. The lowest BCUT2D eigenvalue weighted by Gasteiger charge is -2.11. The fraction of sp³-hybridized carbons (Fsp3) is 0.133. The van der Waals surface area contributed by atoms with E-state index >= 15 is 0 Å². The molecule has 0 atom stereocenters. The quantitative estimate of drug-likeness (QED) is 0.460. The number of halogens is 1. The van der Waals surface area contributed by atoms with Crippen LogP contribution in [0.3, 0.4) is 0 Å². The predicted octanol–water partition coefficient (Wildman–Crippen LogP) is 4.58. The number of rotatable bonds is 4. The largest absolute Gasteiger partial charge is 0.449 e. The summed E-state index contributed by atoms with van der Waals surface area (Å²) >= 11 is 3.22. The van der Waals surface area contributed by atoms with Gasteiger partial charge in [0.25, 0.3) is 0 Å². The van der Waals surface area contributed by atoms with Crippen molar-refractivity contribution in [2.45, 2.75) is 13.8 Å². The van der Waals surface area contributed by atoms with Crippen LogP contribution in [-0.2, 0) is 0 Å². The van der Waals surface area contributed by atoms with Gasteiger partial charge in [0.05, 0.1) is 10.5 Å². The van der Waals surface area contributed by atoms with Gasteiger partial charge in [-0.05, 0) is 37.6 Å². The van der Waals surface area contributed by atoms with Gasteiger partial charge in [0, 0.05) is 10.5 Å². The number of benzene rings is 2. The van der Waals surface area contributed by atoms with Crippen LogP contribution in [0.25, 0.3) is 0 Å². The molecule has 0 amide bonds. The molecule has 0 bridgehead atoms. The molecule has 108 valence electrons. The topological polar surface area (TPSA) is 69.4 Å². The summed E-state index contributed by atoms with van der Waals surface area (Å²) in [5, 5.41) is 11.2. The number of nitro benzene ring substituents is 1. The first-order chi connectivity index (χ1) is 9.92. The van der Waals surface area contributed by atoms with Crippen LogP contribution in [0.1, 0.15) is 21.5 Å². The number of hydrogen-bond acceptors (Lipinski definition) is 4. The van der Waals surface area contributed by atoms with E-state index in [9.17, 15) is 14.9 Å². The van der Waals surface area contributed by atoms with E-state index in [4.69, 9.17) is 4.74 Å². The average Bonchev–Trinajstić information content (AvgIpc) is 2.42. The minimum Gasteiger partial charge on any atom is -0.449 e. The standard InChI is InChI=1S/C15H12BrNO4/c1-9-3-4-14(11(5-9)8-18)21-15-10(2)6-12(16)7-13(15)17(19)20/h3-8H,1-2H3. The summed E-state index contributed by atoms with van der Waals surface area (Å²) < 4.78 is 6.24. The molecule has 0 aliphatic carbocycles. The maximum atomic E-state index is 11.2. The molecule has 2 rings (SSSR count). The molecule has 0 spiro atoms. The molecule has 0 radical (unpaired) electrons. The van der Waals surface area contributed by atoms with Crippen LogP contribution in [0.4, 0.5) is 5.69 Å². The van der Waals surface area contributed by atoms with Gasteiger partial charge in [0.2, 0.25) is 5.75 Å². The highest BCUT2D eigenvalue weighted by molar-refractivity contribution is 9.10. The first kappa shape index (κ1) is 15.2. The highest BCUT2D eigenvalue weighted by Crippen LogP contribution is 2.38. The van der Waals surface area contributed by atoms with Crippen molar-refractivity contribution in [3.63, 3.8) is 0 Å². The van der Waals surface area contributed by atoms with E-state index in [1.807, 2.05) is 6.92 Å². The van der Waals surface area contributed by atoms with Gasteiger partial charge in [-0.25, -0.2) is 0 Å². The molecular formula is C15H12BrNO4. The Labute approximate surface area is 129 Å². The molecule has 21 heavy (non-hydrogen) atoms. The van der Waals surface area contributed by atoms with Gasteiger partial charge in [-0.2, -0.15) is 0 Å². The Balaban J connectivity index is 2.54. The molecule has 0 aliphatic heterocycles. The Kier molecular flexibility index (Phi) is 4.37. The minimum absolute atomic E-state index is 0.134. The molecular weight excluding hydrogens is 338 g/mol. The SMILES string of the molecule is Cc1ccc(Oc2c(C)cc(Br)cc2[N+](=O)[O-])c(C=O)c1. The lowest BCUT2D eigenvalue weighted by molar-refractivity contribution is -0.385. The second kappa shape index (κ2) is 6.05. The second-order valence-corrected chi connectivity index (χ2v) is 5.50. The molecule has 2 aromatic rings. The van der Waals surface area contributed by atoms with Crippen molar-refractivity contribution in [2.75, 3.05) is 0 Å². The summed E-state index contributed by atoms with van der Waals surface area (Å²) in [6, 6.07) is 8.17. The van der Waals surface area contributed by atoms with E-state index in [0.29, 0.717) is 27.6 Å². The fourth-order valence-corrected chi connectivity index (χ4v) is 2.50. The smallest absolute Gasteiger partial charge is 0.312 e. The number of carbonyl (C=O) groups is 1. The van der Waals surface area contributed by atoms with Gasteiger partial charge < -0.3 is 4.74 Å². The zero-order valence-corrected chi connectivity index (χ0v) is 13.0. The molecule has 2 aromatic carbocycles. The normalized spacial score (nSPS) is 10.2. The third-order valence-corrected chi connectivity index (χ3v) is 3.38. The van der Waals surface area contributed by atoms with Crippen LogP contribution in [0.15, 0.2) is 34.8 Å². The van der Waals surface area contributed by atoms with E-state index in [-0.39, 0.29) is 11.4 Å². The van der Waals surface area contributed by atoms with Crippen molar-refractivity contribution in [1.29, 1.82) is 0 Å². The number of aryl methyl sites for hydroxylation is 2. The zero-order valence-electron chi connectivity index (χ0n) is 11.4. The molecule has 0 aromatic heterocycles. The highest BCUT2D eigenvalue weighted by Gasteiger charge is 2.20. The second-order valence-electron chi connectivity index (χ2n) is 4.59. The Morgan fingerprint density at radius 1 is 1.24 bits per heavy atom. The summed E-state index contributed by atoms with van der Waals surface area (Å²) in [4.78, 5) is 21.8. The van der Waals surface area contributed by atoms with Gasteiger partial charge >= 0.3 is 5.69 Å². The van der Waals surface area contributed by atoms with Gasteiger partial charge in [0.15, 0.2) is 6.29 Å². The van der Waals surface area contributed by atoms with Crippen LogP contribution < -0.4 is 4.74 Å². The van der Waals surface area contributed by atoms with Crippen LogP contribution in [0.2, 0.25) is 0 Å². The van der Waals surface area contributed by atoms with Gasteiger partial charge in [-0.1, -0.05) is 27.6 Å². The van der Waals surface area contributed by atoms with E-state index in [1.165, 1.54) is 6.07 Å². The molecule has 0 saturated carbocycles. The molecule has 6 heteroatoms. The summed E-state index contributed by atoms with van der Waals surface area (Å²) in [5.74, 6) is 0.430. The van der Waals surface area contributed by atoms with Crippen LogP contribution in [-0.4, -0.2) is 11.2 Å². The number of nitrogens with zero attached hydrogens (tertiary/aromatic N) is 1. The predicted molar refractivity (Wildman–Crippen MR) is 82.2 cm³/mol. The lowest BCUT2D eigenvalue weighted by Crippen LogP contribution is -1.98. The van der Waals surface area contributed by atoms with E-state index in [0.717, 1.165) is 5.56 Å². The van der Waals surface area contributed by atoms with E-state index < -0.39 is 4.92 Å².